The third-order valence-electron chi connectivity index (χ3n) is 4.56. The van der Waals surface area contributed by atoms with Gasteiger partial charge in [-0.15, -0.1) is 10.2 Å². The van der Waals surface area contributed by atoms with Crippen LogP contribution in [-0.4, -0.2) is 42.8 Å². The number of benzene rings is 2. The number of rotatable bonds is 5. The minimum absolute atomic E-state index is 0.387. The zero-order valence-electron chi connectivity index (χ0n) is 16.7. The van der Waals surface area contributed by atoms with E-state index in [1.807, 2.05) is 36.6 Å². The van der Waals surface area contributed by atoms with E-state index in [-0.39, 0.29) is 0 Å². The number of thioether (sulfide) groups is 1. The SMILES string of the molecule is COc1cc([C@H]2Nc3ccc(Br)cc3-c3nnc(SC)nc3O2)cc(OC)c1OC. The first-order chi connectivity index (χ1) is 14.6. The molecule has 0 amide bonds. The molecule has 156 valence electrons. The maximum atomic E-state index is 6.28. The van der Waals surface area contributed by atoms with Crippen LogP contribution in [0.3, 0.4) is 0 Å². The van der Waals surface area contributed by atoms with Crippen LogP contribution in [0.2, 0.25) is 0 Å². The first-order valence-electron chi connectivity index (χ1n) is 8.89. The lowest BCUT2D eigenvalue weighted by Crippen LogP contribution is -2.17. The zero-order chi connectivity index (χ0) is 21.3. The largest absolute Gasteiger partial charge is 0.493 e. The highest BCUT2D eigenvalue weighted by molar-refractivity contribution is 9.10. The van der Waals surface area contributed by atoms with Crippen LogP contribution < -0.4 is 24.3 Å². The number of aromatic nitrogens is 3. The number of hydrogen-bond acceptors (Lipinski definition) is 9. The number of nitrogens with one attached hydrogen (secondary N) is 1. The minimum Gasteiger partial charge on any atom is -0.493 e. The Hall–Kier alpha value is -2.72. The molecule has 8 nitrogen and oxygen atoms in total. The summed E-state index contributed by atoms with van der Waals surface area (Å²) < 4.78 is 23.6. The molecular weight excluding hydrogens is 472 g/mol. The monoisotopic (exact) mass is 490 g/mol. The first-order valence-corrected chi connectivity index (χ1v) is 10.9. The molecular formula is C20H19BrN4O4S. The predicted molar refractivity (Wildman–Crippen MR) is 118 cm³/mol. The maximum Gasteiger partial charge on any atom is 0.247 e. The van der Waals surface area contributed by atoms with Crippen molar-refractivity contribution in [3.8, 4) is 34.4 Å². The van der Waals surface area contributed by atoms with Gasteiger partial charge >= 0.3 is 0 Å². The summed E-state index contributed by atoms with van der Waals surface area (Å²) >= 11 is 4.92. The lowest BCUT2D eigenvalue weighted by Gasteiger charge is -2.21. The van der Waals surface area contributed by atoms with Crippen LogP contribution in [0.15, 0.2) is 40.0 Å². The van der Waals surface area contributed by atoms with Crippen LogP contribution in [0.25, 0.3) is 11.3 Å². The van der Waals surface area contributed by atoms with Crippen LogP contribution in [0.5, 0.6) is 23.1 Å². The number of nitrogens with zero attached hydrogens (tertiary/aromatic N) is 3. The number of hydrogen-bond donors (Lipinski definition) is 1. The van der Waals surface area contributed by atoms with E-state index >= 15 is 0 Å². The topological polar surface area (TPSA) is 87.6 Å². The minimum atomic E-state index is -0.578. The van der Waals surface area contributed by atoms with Gasteiger partial charge in [-0.2, -0.15) is 4.98 Å². The Morgan fingerprint density at radius 3 is 2.40 bits per heavy atom. The van der Waals surface area contributed by atoms with Crippen molar-refractivity contribution in [1.29, 1.82) is 0 Å². The number of halogens is 1. The normalized spacial score (nSPS) is 14.5. The van der Waals surface area contributed by atoms with E-state index in [1.54, 1.807) is 21.3 Å². The van der Waals surface area contributed by atoms with E-state index in [4.69, 9.17) is 18.9 Å². The van der Waals surface area contributed by atoms with Crippen molar-refractivity contribution < 1.29 is 18.9 Å². The van der Waals surface area contributed by atoms with Crippen LogP contribution in [0.4, 0.5) is 5.69 Å². The van der Waals surface area contributed by atoms with Crippen molar-refractivity contribution in [2.45, 2.75) is 11.4 Å². The van der Waals surface area contributed by atoms with Crippen LogP contribution >= 0.6 is 27.7 Å². The lowest BCUT2D eigenvalue weighted by molar-refractivity contribution is 0.223. The molecule has 2 heterocycles. The van der Waals surface area contributed by atoms with E-state index in [9.17, 15) is 0 Å². The smallest absolute Gasteiger partial charge is 0.247 e. The molecule has 1 N–H and O–H groups in total. The molecule has 0 unspecified atom stereocenters. The van der Waals surface area contributed by atoms with Crippen LogP contribution in [0.1, 0.15) is 11.8 Å². The fourth-order valence-corrected chi connectivity index (χ4v) is 3.82. The van der Waals surface area contributed by atoms with Crippen molar-refractivity contribution in [3.63, 3.8) is 0 Å². The molecule has 30 heavy (non-hydrogen) atoms. The van der Waals surface area contributed by atoms with Crippen LogP contribution in [0, 0.1) is 0 Å². The van der Waals surface area contributed by atoms with Gasteiger partial charge in [0.2, 0.25) is 16.8 Å². The van der Waals surface area contributed by atoms with Gasteiger partial charge in [-0.1, -0.05) is 27.7 Å². The van der Waals surface area contributed by atoms with Gasteiger partial charge in [0.15, 0.2) is 23.4 Å². The number of methoxy groups -OCH3 is 3. The van der Waals surface area contributed by atoms with E-state index in [0.29, 0.717) is 34.0 Å². The fourth-order valence-electron chi connectivity index (χ4n) is 3.16. The van der Waals surface area contributed by atoms with Crippen molar-refractivity contribution in [1.82, 2.24) is 15.2 Å². The molecule has 3 aromatic rings. The molecule has 0 fully saturated rings. The van der Waals surface area contributed by atoms with Gasteiger partial charge in [0.05, 0.1) is 21.3 Å². The Kier molecular flexibility index (Phi) is 5.87. The third kappa shape index (κ3) is 3.72. The van der Waals surface area contributed by atoms with Gasteiger partial charge in [-0.25, -0.2) is 0 Å². The first kappa shape index (κ1) is 20.5. The molecule has 0 saturated carbocycles. The highest BCUT2D eigenvalue weighted by Gasteiger charge is 2.28. The summed E-state index contributed by atoms with van der Waals surface area (Å²) in [5.74, 6) is 1.96. The number of fused-ring (bicyclic) bond motifs is 3. The molecule has 0 spiro atoms. The van der Waals surface area contributed by atoms with Crippen molar-refractivity contribution >= 4 is 33.4 Å². The summed E-state index contributed by atoms with van der Waals surface area (Å²) in [5.41, 5.74) is 3.01. The molecule has 1 atom stereocenters. The molecule has 4 rings (SSSR count). The molecule has 10 heteroatoms. The van der Waals surface area contributed by atoms with Crippen molar-refractivity contribution in [3.05, 3.63) is 40.4 Å². The second-order valence-corrected chi connectivity index (χ2v) is 7.93. The van der Waals surface area contributed by atoms with Gasteiger partial charge in [0, 0.05) is 21.3 Å². The average molecular weight is 491 g/mol. The Balaban J connectivity index is 1.87. The maximum absolute atomic E-state index is 6.28. The fraction of sp³-hybridized carbons (Fsp3) is 0.250. The summed E-state index contributed by atoms with van der Waals surface area (Å²) in [5, 5.41) is 12.5. The molecule has 1 aliphatic heterocycles. The average Bonchev–Trinajstić information content (AvgIpc) is 2.93. The van der Waals surface area contributed by atoms with Crippen molar-refractivity contribution in [2.24, 2.45) is 0 Å². The van der Waals surface area contributed by atoms with E-state index < -0.39 is 6.23 Å². The summed E-state index contributed by atoms with van der Waals surface area (Å²) in [6.45, 7) is 0. The predicted octanol–water partition coefficient (Wildman–Crippen LogP) is 4.55. The van der Waals surface area contributed by atoms with Gasteiger partial charge in [-0.3, -0.25) is 0 Å². The van der Waals surface area contributed by atoms with Gasteiger partial charge in [0.1, 0.15) is 0 Å². The summed E-state index contributed by atoms with van der Waals surface area (Å²) in [7, 11) is 4.72. The van der Waals surface area contributed by atoms with Gasteiger partial charge in [0.25, 0.3) is 0 Å². The van der Waals surface area contributed by atoms with E-state index in [0.717, 1.165) is 21.3 Å². The molecule has 2 aromatic carbocycles. The molecule has 1 aromatic heterocycles. The second kappa shape index (κ2) is 8.57. The van der Waals surface area contributed by atoms with Gasteiger partial charge in [-0.05, 0) is 36.6 Å². The molecule has 0 aliphatic carbocycles. The summed E-state index contributed by atoms with van der Waals surface area (Å²) in [6.07, 6.45) is 1.31. The summed E-state index contributed by atoms with van der Waals surface area (Å²) in [6, 6.07) is 9.53. The molecule has 0 bridgehead atoms. The Morgan fingerprint density at radius 1 is 1.03 bits per heavy atom. The Labute approximate surface area is 186 Å². The van der Waals surface area contributed by atoms with Gasteiger partial charge < -0.3 is 24.3 Å². The Bertz CT molecular complexity index is 1070. The zero-order valence-corrected chi connectivity index (χ0v) is 19.1. The third-order valence-corrected chi connectivity index (χ3v) is 5.59. The number of anilines is 1. The highest BCUT2D eigenvalue weighted by Crippen LogP contribution is 2.44. The Morgan fingerprint density at radius 2 is 1.77 bits per heavy atom. The van der Waals surface area contributed by atoms with E-state index in [2.05, 4.69) is 36.4 Å². The molecule has 1 aliphatic rings. The number of ether oxygens (including phenoxy) is 4. The highest BCUT2D eigenvalue weighted by atomic mass is 79.9. The van der Waals surface area contributed by atoms with E-state index in [1.165, 1.54) is 11.8 Å². The summed E-state index contributed by atoms with van der Waals surface area (Å²) in [4.78, 5) is 4.54. The second-order valence-electron chi connectivity index (χ2n) is 6.24. The molecule has 0 saturated heterocycles. The quantitative estimate of drug-likeness (QED) is 0.517. The standard InChI is InChI=1S/C20H19BrN4O4S/c1-26-14-7-10(8-15(27-2)17(14)28-3)18-22-13-6-5-11(21)9-12(13)16-19(29-18)23-20(30-4)25-24-16/h5-9,18,22H,1-4H3/t18-/m0/s1. The van der Waals surface area contributed by atoms with Crippen molar-refractivity contribution in [2.75, 3.05) is 32.9 Å². The lowest BCUT2D eigenvalue weighted by atomic mass is 10.1. The molecule has 0 radical (unpaired) electrons. The van der Waals surface area contributed by atoms with Crippen LogP contribution in [-0.2, 0) is 0 Å².